The van der Waals surface area contributed by atoms with E-state index in [-0.39, 0.29) is 24.8 Å². The Morgan fingerprint density at radius 3 is 2.17 bits per heavy atom. The zero-order valence-electron chi connectivity index (χ0n) is 27.2. The van der Waals surface area contributed by atoms with Crippen molar-refractivity contribution in [3.63, 3.8) is 0 Å². The quantitative estimate of drug-likeness (QED) is 0.187. The minimum Gasteiger partial charge on any atom is -0.392 e. The van der Waals surface area contributed by atoms with Gasteiger partial charge >= 0.3 is 6.03 Å². The minimum atomic E-state index is -0.501. The van der Waals surface area contributed by atoms with Crippen LogP contribution in [-0.2, 0) is 29.2 Å². The number of rotatable bonds is 11. The lowest BCUT2D eigenvalue weighted by Crippen LogP contribution is -2.49. The molecule has 3 N–H and O–H groups in total. The van der Waals surface area contributed by atoms with Gasteiger partial charge in [-0.3, -0.25) is 9.80 Å². The first-order chi connectivity index (χ1) is 23.1. The van der Waals surface area contributed by atoms with Crippen molar-refractivity contribution in [2.45, 2.75) is 51.5 Å². The van der Waals surface area contributed by atoms with Crippen LogP contribution >= 0.6 is 0 Å². The Morgan fingerprint density at radius 2 is 1.45 bits per heavy atom. The molecule has 4 aromatic carbocycles. The van der Waals surface area contributed by atoms with Crippen LogP contribution in [0.2, 0.25) is 0 Å². The molecule has 2 fully saturated rings. The molecule has 246 valence electrons. The molecule has 0 bridgehead atoms. The molecular formula is C39H46N4O4. The summed E-state index contributed by atoms with van der Waals surface area (Å²) in [5.74, 6) is 0. The molecule has 6 rings (SSSR count). The third-order valence-electron chi connectivity index (χ3n) is 9.08. The number of amides is 2. The van der Waals surface area contributed by atoms with Gasteiger partial charge in [-0.25, -0.2) is 4.79 Å². The molecule has 0 radical (unpaired) electrons. The molecule has 2 amide bonds. The lowest BCUT2D eigenvalue weighted by Gasteiger charge is -2.40. The van der Waals surface area contributed by atoms with Crippen LogP contribution in [0.4, 0.5) is 4.79 Å². The largest absolute Gasteiger partial charge is 0.392 e. The summed E-state index contributed by atoms with van der Waals surface area (Å²) in [5.41, 5.74) is 7.51. The van der Waals surface area contributed by atoms with E-state index in [4.69, 9.17) is 9.47 Å². The monoisotopic (exact) mass is 634 g/mol. The summed E-state index contributed by atoms with van der Waals surface area (Å²) >= 11 is 0. The smallest absolute Gasteiger partial charge is 0.315 e. The molecule has 3 unspecified atom stereocenters. The molecular weight excluding hydrogens is 588 g/mol. The maximum atomic E-state index is 12.0. The Bertz CT molecular complexity index is 1560. The van der Waals surface area contributed by atoms with E-state index < -0.39 is 6.29 Å². The van der Waals surface area contributed by atoms with Crippen molar-refractivity contribution in [2.75, 3.05) is 39.3 Å². The van der Waals surface area contributed by atoms with Crippen LogP contribution in [-0.4, -0.2) is 66.3 Å². The topological polar surface area (TPSA) is 86.3 Å². The number of aliphatic hydroxyl groups is 1. The zero-order chi connectivity index (χ0) is 32.4. The molecule has 0 spiro atoms. The van der Waals surface area contributed by atoms with Crippen LogP contribution in [0.3, 0.4) is 0 Å². The van der Waals surface area contributed by atoms with Gasteiger partial charge in [-0.15, -0.1) is 0 Å². The number of piperazine rings is 1. The van der Waals surface area contributed by atoms with Crippen molar-refractivity contribution in [2.24, 2.45) is 0 Å². The number of nitrogens with zero attached hydrogens (tertiary/aromatic N) is 2. The molecule has 2 aliphatic rings. The van der Waals surface area contributed by atoms with E-state index in [1.54, 1.807) is 0 Å². The first-order valence-corrected chi connectivity index (χ1v) is 16.8. The average Bonchev–Trinajstić information content (AvgIpc) is 3.12. The summed E-state index contributed by atoms with van der Waals surface area (Å²) in [6.45, 7) is 8.89. The number of benzene rings is 4. The molecule has 2 heterocycles. The highest BCUT2D eigenvalue weighted by molar-refractivity contribution is 5.74. The fraction of sp³-hybridized carbons (Fsp3) is 0.359. The van der Waals surface area contributed by atoms with Gasteiger partial charge in [-0.05, 0) is 40.3 Å². The van der Waals surface area contributed by atoms with E-state index in [1.807, 2.05) is 37.3 Å². The third kappa shape index (κ3) is 8.86. The molecule has 8 nitrogen and oxygen atoms in total. The molecule has 2 saturated heterocycles. The number of carbonyl (C=O) groups is 1. The summed E-state index contributed by atoms with van der Waals surface area (Å²) in [5, 5.41) is 15.3. The Balaban J connectivity index is 1.14. The predicted molar refractivity (Wildman–Crippen MR) is 184 cm³/mol. The fourth-order valence-electron chi connectivity index (χ4n) is 6.47. The van der Waals surface area contributed by atoms with Gasteiger partial charge in [0.15, 0.2) is 6.29 Å². The van der Waals surface area contributed by atoms with Crippen molar-refractivity contribution in [3.8, 4) is 11.1 Å². The number of hydrogen-bond acceptors (Lipinski definition) is 6. The third-order valence-corrected chi connectivity index (χ3v) is 9.08. The first-order valence-electron chi connectivity index (χ1n) is 16.8. The second-order valence-corrected chi connectivity index (χ2v) is 12.4. The summed E-state index contributed by atoms with van der Waals surface area (Å²) in [4.78, 5) is 17.1. The van der Waals surface area contributed by atoms with Crippen LogP contribution in [0.5, 0.6) is 0 Å². The van der Waals surface area contributed by atoms with Gasteiger partial charge in [0.1, 0.15) is 0 Å². The van der Waals surface area contributed by atoms with Gasteiger partial charge in [0.2, 0.25) is 0 Å². The van der Waals surface area contributed by atoms with Gasteiger partial charge in [0, 0.05) is 64.3 Å². The van der Waals surface area contributed by atoms with E-state index in [2.05, 4.69) is 93.2 Å². The number of nitrogens with one attached hydrogen (secondary N) is 2. The zero-order valence-corrected chi connectivity index (χ0v) is 27.2. The van der Waals surface area contributed by atoms with Crippen molar-refractivity contribution < 1.29 is 19.4 Å². The lowest BCUT2D eigenvalue weighted by atomic mass is 9.97. The Labute approximate surface area is 278 Å². The summed E-state index contributed by atoms with van der Waals surface area (Å²) in [7, 11) is 0. The molecule has 0 aliphatic carbocycles. The van der Waals surface area contributed by atoms with Gasteiger partial charge < -0.3 is 25.2 Å². The highest BCUT2D eigenvalue weighted by Crippen LogP contribution is 2.39. The molecule has 0 saturated carbocycles. The van der Waals surface area contributed by atoms with Crippen LogP contribution in [0.25, 0.3) is 11.1 Å². The summed E-state index contributed by atoms with van der Waals surface area (Å²) in [6.07, 6.45) is 0.159. The molecule has 0 aromatic heterocycles. The highest BCUT2D eigenvalue weighted by Gasteiger charge is 2.34. The molecule has 4 aromatic rings. The van der Waals surface area contributed by atoms with Gasteiger partial charge in [-0.1, -0.05) is 103 Å². The van der Waals surface area contributed by atoms with E-state index in [1.165, 1.54) is 5.56 Å². The van der Waals surface area contributed by atoms with E-state index in [0.29, 0.717) is 13.1 Å². The minimum absolute atomic E-state index is 0.0117. The van der Waals surface area contributed by atoms with Gasteiger partial charge in [0.25, 0.3) is 0 Å². The van der Waals surface area contributed by atoms with Crippen molar-refractivity contribution in [3.05, 3.63) is 131 Å². The molecule has 47 heavy (non-hydrogen) atoms. The van der Waals surface area contributed by atoms with Crippen LogP contribution in [0.15, 0.2) is 103 Å². The Morgan fingerprint density at radius 1 is 0.766 bits per heavy atom. The second-order valence-electron chi connectivity index (χ2n) is 12.4. The Hall–Kier alpha value is -4.05. The van der Waals surface area contributed by atoms with Crippen molar-refractivity contribution in [1.82, 2.24) is 20.4 Å². The van der Waals surface area contributed by atoms with Crippen LogP contribution in [0.1, 0.15) is 53.6 Å². The van der Waals surface area contributed by atoms with Gasteiger partial charge in [-0.2, -0.15) is 0 Å². The summed E-state index contributed by atoms with van der Waals surface area (Å²) in [6, 6.07) is 35.1. The number of ether oxygens (including phenoxy) is 2. The maximum absolute atomic E-state index is 12.0. The van der Waals surface area contributed by atoms with Crippen molar-refractivity contribution in [1.29, 1.82) is 0 Å². The number of urea groups is 1. The number of aliphatic hydroxyl groups excluding tert-OH is 1. The second kappa shape index (κ2) is 16.2. The van der Waals surface area contributed by atoms with E-state index in [0.717, 1.165) is 79.1 Å². The highest BCUT2D eigenvalue weighted by atomic mass is 16.7. The molecule has 3 atom stereocenters. The molecule has 8 heteroatoms. The van der Waals surface area contributed by atoms with E-state index in [9.17, 15) is 9.90 Å². The van der Waals surface area contributed by atoms with Crippen LogP contribution < -0.4 is 10.6 Å². The maximum Gasteiger partial charge on any atom is 0.315 e. The summed E-state index contributed by atoms with van der Waals surface area (Å²) < 4.78 is 13.3. The molecule has 2 aliphatic heterocycles. The van der Waals surface area contributed by atoms with Crippen molar-refractivity contribution >= 4 is 6.03 Å². The number of hydrogen-bond donors (Lipinski definition) is 3. The lowest BCUT2D eigenvalue weighted by molar-refractivity contribution is -0.253. The van der Waals surface area contributed by atoms with Gasteiger partial charge in [0.05, 0.1) is 18.8 Å². The standard InChI is InChI=1S/C39H46N4O4/c1-2-40-39(45)41-25-34-10-6-7-11-36(34)31-16-18-33(19-17-31)38-46-35(24-37(47-38)32-14-12-30(28-44)13-15-32)27-43-22-20-42(21-23-43)26-29-8-4-3-5-9-29/h3-19,35,37-38,44H,2,20-28H2,1H3,(H2,40,41,45). The average molecular weight is 635 g/mol. The Kier molecular flexibility index (Phi) is 11.3. The number of carbonyl (C=O) groups excluding carboxylic acids is 1. The van der Waals surface area contributed by atoms with Crippen LogP contribution in [0, 0.1) is 0 Å². The fourth-order valence-corrected chi connectivity index (χ4v) is 6.47. The normalized spacial score (nSPS) is 20.5. The van der Waals surface area contributed by atoms with E-state index >= 15 is 0 Å². The SMILES string of the molecule is CCNC(=O)NCc1ccccc1-c1ccc(C2OC(CN3CCN(Cc4ccccc4)CC3)CC(c3ccc(CO)cc3)O2)cc1. The first kappa shape index (κ1) is 32.9. The predicted octanol–water partition coefficient (Wildman–Crippen LogP) is 6.03.